The molecule has 1 aromatic carbocycles. The molecule has 1 aromatic heterocycles. The van der Waals surface area contributed by atoms with E-state index in [-0.39, 0.29) is 6.54 Å². The average Bonchev–Trinajstić information content (AvgIpc) is 2.76. The Hall–Kier alpha value is -2.30. The fraction of sp³-hybridized carbons (Fsp3) is 0.0909. The fourth-order valence-electron chi connectivity index (χ4n) is 1.37. The highest BCUT2D eigenvalue weighted by Gasteiger charge is 2.03. The third-order valence-corrected chi connectivity index (χ3v) is 2.11. The number of amides is 1. The number of hydrogen-bond donors (Lipinski definition) is 3. The lowest BCUT2D eigenvalue weighted by atomic mass is 10.2. The van der Waals surface area contributed by atoms with Crippen molar-refractivity contribution in [2.24, 2.45) is 0 Å². The van der Waals surface area contributed by atoms with Gasteiger partial charge in [-0.05, 0) is 0 Å². The third kappa shape index (κ3) is 2.38. The molecule has 0 aliphatic carbocycles. The minimum Gasteiger partial charge on any atom is -0.465 e. The highest BCUT2D eigenvalue weighted by atomic mass is 16.4. The number of aromatic nitrogens is 2. The Labute approximate surface area is 92.2 Å². The van der Waals surface area contributed by atoms with E-state index in [0.29, 0.717) is 5.82 Å². The topological polar surface area (TPSA) is 78.0 Å². The summed E-state index contributed by atoms with van der Waals surface area (Å²) in [5.41, 5.74) is 1.81. The minimum atomic E-state index is -1.06. The lowest BCUT2D eigenvalue weighted by Gasteiger charge is -1.96. The highest BCUT2D eigenvalue weighted by Crippen LogP contribution is 2.15. The van der Waals surface area contributed by atoms with Crippen LogP contribution in [0.25, 0.3) is 11.3 Å². The second-order valence-electron chi connectivity index (χ2n) is 3.26. The Balaban J connectivity index is 2.11. The maximum atomic E-state index is 10.3. The standard InChI is InChI=1S/C11H11N3O2/c15-11(16)13-7-10-12-6-9(14-10)8-4-2-1-3-5-8/h1-6,13H,7H2,(H,12,14)(H,15,16). The molecule has 3 N–H and O–H groups in total. The molecule has 5 heteroatoms. The van der Waals surface area contributed by atoms with E-state index in [2.05, 4.69) is 15.3 Å². The second-order valence-corrected chi connectivity index (χ2v) is 3.26. The molecule has 2 aromatic rings. The van der Waals surface area contributed by atoms with Crippen molar-refractivity contribution >= 4 is 6.09 Å². The molecule has 1 heterocycles. The number of aromatic amines is 1. The van der Waals surface area contributed by atoms with Crippen molar-refractivity contribution in [2.75, 3.05) is 0 Å². The van der Waals surface area contributed by atoms with Gasteiger partial charge in [-0.3, -0.25) is 0 Å². The Bertz CT molecular complexity index is 479. The van der Waals surface area contributed by atoms with E-state index in [0.717, 1.165) is 11.3 Å². The van der Waals surface area contributed by atoms with Crippen LogP contribution >= 0.6 is 0 Å². The smallest absolute Gasteiger partial charge is 0.405 e. The van der Waals surface area contributed by atoms with Crippen molar-refractivity contribution in [1.29, 1.82) is 0 Å². The zero-order valence-electron chi connectivity index (χ0n) is 8.47. The predicted molar refractivity (Wildman–Crippen MR) is 58.9 cm³/mol. The first kappa shape index (κ1) is 10.2. The molecule has 5 nitrogen and oxygen atoms in total. The summed E-state index contributed by atoms with van der Waals surface area (Å²) in [6, 6.07) is 9.69. The first-order chi connectivity index (χ1) is 7.75. The first-order valence-electron chi connectivity index (χ1n) is 4.82. The van der Waals surface area contributed by atoms with Crippen molar-refractivity contribution < 1.29 is 9.90 Å². The number of carboxylic acid groups (broad SMARTS) is 1. The van der Waals surface area contributed by atoms with Crippen molar-refractivity contribution in [3.05, 3.63) is 42.4 Å². The SMILES string of the molecule is O=C(O)NCc1nc(-c2ccccc2)c[nH]1. The molecular weight excluding hydrogens is 206 g/mol. The lowest BCUT2D eigenvalue weighted by Crippen LogP contribution is -2.20. The quantitative estimate of drug-likeness (QED) is 0.734. The van der Waals surface area contributed by atoms with Gasteiger partial charge >= 0.3 is 6.09 Å². The maximum Gasteiger partial charge on any atom is 0.405 e. The summed E-state index contributed by atoms with van der Waals surface area (Å²) in [4.78, 5) is 17.5. The van der Waals surface area contributed by atoms with Gasteiger partial charge in [0.1, 0.15) is 5.82 Å². The Morgan fingerprint density at radius 3 is 2.81 bits per heavy atom. The van der Waals surface area contributed by atoms with Crippen molar-refractivity contribution in [3.8, 4) is 11.3 Å². The summed E-state index contributed by atoms with van der Waals surface area (Å²) in [5, 5.41) is 10.7. The summed E-state index contributed by atoms with van der Waals surface area (Å²) in [7, 11) is 0. The number of carbonyl (C=O) groups is 1. The molecule has 0 fully saturated rings. The minimum absolute atomic E-state index is 0.183. The Morgan fingerprint density at radius 2 is 2.12 bits per heavy atom. The number of nitrogens with one attached hydrogen (secondary N) is 2. The van der Waals surface area contributed by atoms with Gasteiger partial charge in [0.05, 0.1) is 12.2 Å². The summed E-state index contributed by atoms with van der Waals surface area (Å²) >= 11 is 0. The normalized spacial score (nSPS) is 10.0. The van der Waals surface area contributed by atoms with Gasteiger partial charge < -0.3 is 15.4 Å². The van der Waals surface area contributed by atoms with Gasteiger partial charge in [-0.2, -0.15) is 0 Å². The van der Waals surface area contributed by atoms with Gasteiger partial charge in [0.2, 0.25) is 0 Å². The molecule has 0 atom stereocenters. The van der Waals surface area contributed by atoms with Crippen LogP contribution in [0.5, 0.6) is 0 Å². The number of H-pyrrole nitrogens is 1. The van der Waals surface area contributed by atoms with E-state index in [1.165, 1.54) is 0 Å². The summed E-state index contributed by atoms with van der Waals surface area (Å²) in [6.07, 6.45) is 0.700. The molecule has 0 unspecified atom stereocenters. The van der Waals surface area contributed by atoms with E-state index in [1.807, 2.05) is 30.3 Å². The predicted octanol–water partition coefficient (Wildman–Crippen LogP) is 1.84. The van der Waals surface area contributed by atoms with Crippen LogP contribution < -0.4 is 5.32 Å². The Kier molecular flexibility index (Phi) is 2.86. The lowest BCUT2D eigenvalue weighted by molar-refractivity contribution is 0.193. The third-order valence-electron chi connectivity index (χ3n) is 2.11. The van der Waals surface area contributed by atoms with Crippen LogP contribution in [0.1, 0.15) is 5.82 Å². The summed E-state index contributed by atoms with van der Waals surface area (Å²) in [6.45, 7) is 0.183. The molecular formula is C11H11N3O2. The average molecular weight is 217 g/mol. The van der Waals surface area contributed by atoms with E-state index in [4.69, 9.17) is 5.11 Å². The maximum absolute atomic E-state index is 10.3. The van der Waals surface area contributed by atoms with Gasteiger partial charge in [-0.25, -0.2) is 9.78 Å². The van der Waals surface area contributed by atoms with Crippen molar-refractivity contribution in [1.82, 2.24) is 15.3 Å². The molecule has 16 heavy (non-hydrogen) atoms. The molecule has 1 amide bonds. The van der Waals surface area contributed by atoms with E-state index in [1.54, 1.807) is 6.20 Å². The molecule has 0 aliphatic rings. The highest BCUT2D eigenvalue weighted by molar-refractivity contribution is 5.64. The number of hydrogen-bond acceptors (Lipinski definition) is 2. The molecule has 0 saturated heterocycles. The van der Waals surface area contributed by atoms with Gasteiger partial charge in [-0.1, -0.05) is 30.3 Å². The fourth-order valence-corrected chi connectivity index (χ4v) is 1.37. The number of rotatable bonds is 3. The molecule has 0 aliphatic heterocycles. The van der Waals surface area contributed by atoms with Crippen LogP contribution in [-0.4, -0.2) is 21.2 Å². The summed E-state index contributed by atoms with van der Waals surface area (Å²) < 4.78 is 0. The molecule has 0 radical (unpaired) electrons. The van der Waals surface area contributed by atoms with Gasteiger partial charge in [0.25, 0.3) is 0 Å². The zero-order chi connectivity index (χ0) is 11.4. The van der Waals surface area contributed by atoms with Gasteiger partial charge in [-0.15, -0.1) is 0 Å². The largest absolute Gasteiger partial charge is 0.465 e. The molecule has 0 bridgehead atoms. The van der Waals surface area contributed by atoms with E-state index < -0.39 is 6.09 Å². The molecule has 0 spiro atoms. The van der Waals surface area contributed by atoms with Crippen LogP contribution in [0.4, 0.5) is 4.79 Å². The molecule has 82 valence electrons. The van der Waals surface area contributed by atoms with Crippen LogP contribution in [0, 0.1) is 0 Å². The number of nitrogens with zero attached hydrogens (tertiary/aromatic N) is 1. The molecule has 0 saturated carbocycles. The first-order valence-corrected chi connectivity index (χ1v) is 4.82. The van der Waals surface area contributed by atoms with E-state index in [9.17, 15) is 4.79 Å². The monoisotopic (exact) mass is 217 g/mol. The summed E-state index contributed by atoms with van der Waals surface area (Å²) in [5.74, 6) is 0.598. The Morgan fingerprint density at radius 1 is 1.38 bits per heavy atom. The molecule has 2 rings (SSSR count). The van der Waals surface area contributed by atoms with Crippen LogP contribution in [0.3, 0.4) is 0 Å². The second kappa shape index (κ2) is 4.48. The zero-order valence-corrected chi connectivity index (χ0v) is 8.47. The van der Waals surface area contributed by atoms with Gasteiger partial charge in [0, 0.05) is 11.8 Å². The van der Waals surface area contributed by atoms with Crippen LogP contribution in [0.2, 0.25) is 0 Å². The van der Waals surface area contributed by atoms with Crippen molar-refractivity contribution in [2.45, 2.75) is 6.54 Å². The van der Waals surface area contributed by atoms with Crippen molar-refractivity contribution in [3.63, 3.8) is 0 Å². The van der Waals surface area contributed by atoms with E-state index >= 15 is 0 Å². The van der Waals surface area contributed by atoms with Crippen LogP contribution in [-0.2, 0) is 6.54 Å². The van der Waals surface area contributed by atoms with Crippen LogP contribution in [0.15, 0.2) is 36.5 Å². The number of benzene rings is 1. The van der Waals surface area contributed by atoms with Gasteiger partial charge in [0.15, 0.2) is 0 Å². The number of imidazole rings is 1.